The zero-order valence-corrected chi connectivity index (χ0v) is 14.9. The van der Waals surface area contributed by atoms with Crippen LogP contribution in [0.5, 0.6) is 5.75 Å². The molecule has 0 saturated carbocycles. The molecule has 1 aromatic carbocycles. The Balaban J connectivity index is 1.82. The van der Waals surface area contributed by atoms with Crippen LogP contribution in [-0.2, 0) is 9.53 Å². The third kappa shape index (κ3) is 6.38. The van der Waals surface area contributed by atoms with Gasteiger partial charge in [0.05, 0.1) is 6.61 Å². The van der Waals surface area contributed by atoms with Crippen LogP contribution in [0.1, 0.15) is 55.8 Å². The minimum atomic E-state index is -0.547. The Morgan fingerprint density at radius 1 is 1.24 bits per heavy atom. The van der Waals surface area contributed by atoms with Crippen LogP contribution >= 0.6 is 0 Å². The number of aromatic hydroxyl groups is 1. The van der Waals surface area contributed by atoms with Crippen LogP contribution in [0.15, 0.2) is 18.2 Å². The summed E-state index contributed by atoms with van der Waals surface area (Å²) in [5.41, 5.74) is 0.591. The predicted molar refractivity (Wildman–Crippen MR) is 96.8 cm³/mol. The third-order valence-corrected chi connectivity index (χ3v) is 4.34. The van der Waals surface area contributed by atoms with Crippen LogP contribution in [-0.4, -0.2) is 48.1 Å². The van der Waals surface area contributed by atoms with Gasteiger partial charge in [-0.3, -0.25) is 4.79 Å². The number of benzene rings is 1. The lowest BCUT2D eigenvalue weighted by atomic mass is 10.1. The van der Waals surface area contributed by atoms with Gasteiger partial charge in [0.2, 0.25) is 5.91 Å². The van der Waals surface area contributed by atoms with Crippen molar-refractivity contribution in [2.75, 3.05) is 31.6 Å². The van der Waals surface area contributed by atoms with Gasteiger partial charge in [-0.2, -0.15) is 0 Å². The summed E-state index contributed by atoms with van der Waals surface area (Å²) in [6.07, 6.45) is 5.81. The van der Waals surface area contributed by atoms with Gasteiger partial charge >= 0.3 is 5.97 Å². The summed E-state index contributed by atoms with van der Waals surface area (Å²) >= 11 is 0. The number of unbranched alkanes of at least 4 members (excludes halogenated alkanes) is 1. The largest absolute Gasteiger partial charge is 0.507 e. The first kappa shape index (κ1) is 19.2. The topological polar surface area (TPSA) is 78.9 Å². The van der Waals surface area contributed by atoms with Gasteiger partial charge in [-0.1, -0.05) is 19.8 Å². The zero-order chi connectivity index (χ0) is 18.1. The first-order valence-corrected chi connectivity index (χ1v) is 9.12. The Hall–Kier alpha value is -2.08. The summed E-state index contributed by atoms with van der Waals surface area (Å²) in [4.78, 5) is 26.2. The van der Waals surface area contributed by atoms with Crippen molar-refractivity contribution < 1.29 is 19.4 Å². The molecule has 0 spiro atoms. The molecule has 6 heteroatoms. The molecule has 0 aliphatic carbocycles. The molecule has 1 aliphatic rings. The van der Waals surface area contributed by atoms with Gasteiger partial charge in [-0.25, -0.2) is 4.79 Å². The van der Waals surface area contributed by atoms with E-state index in [1.807, 2.05) is 6.92 Å². The van der Waals surface area contributed by atoms with E-state index in [0.717, 1.165) is 32.5 Å². The normalized spacial score (nSPS) is 14.9. The molecular weight excluding hydrogens is 320 g/mol. The van der Waals surface area contributed by atoms with Crippen molar-refractivity contribution in [3.63, 3.8) is 0 Å². The number of carbonyl (C=O) groups is 2. The summed E-state index contributed by atoms with van der Waals surface area (Å²) in [6, 6.07) is 4.47. The average molecular weight is 348 g/mol. The van der Waals surface area contributed by atoms with Gasteiger partial charge in [0, 0.05) is 24.7 Å². The molecule has 1 heterocycles. The van der Waals surface area contributed by atoms with Crippen molar-refractivity contribution >= 4 is 17.6 Å². The molecule has 1 saturated heterocycles. The number of carbonyl (C=O) groups excluding carboxylic acids is 2. The van der Waals surface area contributed by atoms with Gasteiger partial charge in [-0.15, -0.1) is 0 Å². The first-order valence-electron chi connectivity index (χ1n) is 9.12. The molecule has 1 amide bonds. The number of piperidine rings is 1. The van der Waals surface area contributed by atoms with E-state index in [1.165, 1.54) is 31.4 Å². The molecule has 0 aromatic heterocycles. The van der Waals surface area contributed by atoms with Gasteiger partial charge in [-0.05, 0) is 44.5 Å². The lowest BCUT2D eigenvalue weighted by molar-refractivity contribution is -0.116. The fourth-order valence-electron chi connectivity index (χ4n) is 2.84. The van der Waals surface area contributed by atoms with Gasteiger partial charge in [0.25, 0.3) is 0 Å². The van der Waals surface area contributed by atoms with Gasteiger partial charge < -0.3 is 20.1 Å². The van der Waals surface area contributed by atoms with E-state index in [2.05, 4.69) is 10.2 Å². The molecule has 2 N–H and O–H groups in total. The predicted octanol–water partition coefficient (Wildman–Crippen LogP) is 3.16. The number of esters is 1. The maximum absolute atomic E-state index is 12.0. The average Bonchev–Trinajstić information content (AvgIpc) is 2.61. The fraction of sp³-hybridized carbons (Fsp3) is 0.579. The number of phenols is 1. The minimum absolute atomic E-state index is 0.0942. The molecule has 6 nitrogen and oxygen atoms in total. The number of ether oxygens (including phenoxy) is 1. The number of nitrogens with zero attached hydrogens (tertiary/aromatic N) is 1. The highest BCUT2D eigenvalue weighted by molar-refractivity contribution is 5.95. The molecule has 1 fully saturated rings. The quantitative estimate of drug-likeness (QED) is 0.557. The molecule has 2 rings (SSSR count). The summed E-state index contributed by atoms with van der Waals surface area (Å²) in [6.45, 7) is 5.21. The van der Waals surface area contributed by atoms with E-state index in [-0.39, 0.29) is 17.2 Å². The SMILES string of the molecule is CCCCOC(=O)c1ccc(NC(=O)CCN2CCCCC2)cc1O. The van der Waals surface area contributed by atoms with E-state index in [4.69, 9.17) is 4.74 Å². The Bertz CT molecular complexity index is 583. The molecule has 0 atom stereocenters. The minimum Gasteiger partial charge on any atom is -0.507 e. The van der Waals surface area contributed by atoms with E-state index in [0.29, 0.717) is 18.7 Å². The van der Waals surface area contributed by atoms with Crippen LogP contribution in [0.3, 0.4) is 0 Å². The number of phenolic OH excluding ortho intramolecular Hbond substituents is 1. The summed E-state index contributed by atoms with van der Waals surface area (Å²) in [5.74, 6) is -0.826. The number of rotatable bonds is 8. The Labute approximate surface area is 149 Å². The molecule has 1 aliphatic heterocycles. The number of hydrogen-bond donors (Lipinski definition) is 2. The van der Waals surface area contributed by atoms with Crippen LogP contribution in [0.25, 0.3) is 0 Å². The van der Waals surface area contributed by atoms with Crippen molar-refractivity contribution in [1.29, 1.82) is 0 Å². The molecular formula is C19H28N2O4. The van der Waals surface area contributed by atoms with E-state index < -0.39 is 5.97 Å². The van der Waals surface area contributed by atoms with Crippen molar-refractivity contribution in [1.82, 2.24) is 4.90 Å². The highest BCUT2D eigenvalue weighted by atomic mass is 16.5. The lowest BCUT2D eigenvalue weighted by Crippen LogP contribution is -2.32. The lowest BCUT2D eigenvalue weighted by Gasteiger charge is -2.25. The van der Waals surface area contributed by atoms with Crippen molar-refractivity contribution in [2.24, 2.45) is 0 Å². The second kappa shape index (κ2) is 10.0. The van der Waals surface area contributed by atoms with Crippen LogP contribution in [0, 0.1) is 0 Å². The van der Waals surface area contributed by atoms with E-state index in [1.54, 1.807) is 6.07 Å². The molecule has 138 valence electrons. The van der Waals surface area contributed by atoms with Crippen molar-refractivity contribution in [3.05, 3.63) is 23.8 Å². The highest BCUT2D eigenvalue weighted by Gasteiger charge is 2.15. The van der Waals surface area contributed by atoms with E-state index in [9.17, 15) is 14.7 Å². The summed E-state index contributed by atoms with van der Waals surface area (Å²) < 4.78 is 5.08. The van der Waals surface area contributed by atoms with Crippen molar-refractivity contribution in [3.8, 4) is 5.75 Å². The molecule has 0 radical (unpaired) electrons. The zero-order valence-electron chi connectivity index (χ0n) is 14.9. The standard InChI is InChI=1S/C19H28N2O4/c1-2-3-13-25-19(24)16-8-7-15(14-17(16)22)20-18(23)9-12-21-10-5-4-6-11-21/h7-8,14,22H,2-6,9-13H2,1H3,(H,20,23). The first-order chi connectivity index (χ1) is 12.1. The number of anilines is 1. The van der Waals surface area contributed by atoms with Gasteiger partial charge in [0.1, 0.15) is 11.3 Å². The highest BCUT2D eigenvalue weighted by Crippen LogP contribution is 2.23. The van der Waals surface area contributed by atoms with Gasteiger partial charge in [0.15, 0.2) is 0 Å². The molecule has 25 heavy (non-hydrogen) atoms. The second-order valence-corrected chi connectivity index (χ2v) is 6.42. The van der Waals surface area contributed by atoms with Crippen LogP contribution in [0.2, 0.25) is 0 Å². The number of nitrogens with one attached hydrogen (secondary N) is 1. The van der Waals surface area contributed by atoms with E-state index >= 15 is 0 Å². The number of hydrogen-bond acceptors (Lipinski definition) is 5. The summed E-state index contributed by atoms with van der Waals surface area (Å²) in [7, 11) is 0. The number of amides is 1. The maximum atomic E-state index is 12.0. The molecule has 0 unspecified atom stereocenters. The molecule has 1 aromatic rings. The smallest absolute Gasteiger partial charge is 0.341 e. The fourth-order valence-corrected chi connectivity index (χ4v) is 2.84. The third-order valence-electron chi connectivity index (χ3n) is 4.34. The monoisotopic (exact) mass is 348 g/mol. The number of likely N-dealkylation sites (tertiary alicyclic amines) is 1. The molecule has 0 bridgehead atoms. The Morgan fingerprint density at radius 2 is 2.00 bits per heavy atom. The van der Waals surface area contributed by atoms with Crippen LogP contribution < -0.4 is 5.32 Å². The second-order valence-electron chi connectivity index (χ2n) is 6.42. The van der Waals surface area contributed by atoms with Crippen LogP contribution in [0.4, 0.5) is 5.69 Å². The summed E-state index contributed by atoms with van der Waals surface area (Å²) in [5, 5.41) is 12.8. The Kier molecular flexibility index (Phi) is 7.73. The van der Waals surface area contributed by atoms with Crippen molar-refractivity contribution in [2.45, 2.75) is 45.4 Å². The Morgan fingerprint density at radius 3 is 2.68 bits per heavy atom. The maximum Gasteiger partial charge on any atom is 0.341 e.